The van der Waals surface area contributed by atoms with Gasteiger partial charge in [0.05, 0.1) is 10.2 Å². The first-order valence-electron chi connectivity index (χ1n) is 4.90. The third-order valence-electron chi connectivity index (χ3n) is 2.40. The van der Waals surface area contributed by atoms with E-state index in [1.165, 1.54) is 0 Å². The summed E-state index contributed by atoms with van der Waals surface area (Å²) in [5, 5.41) is 4.38. The molecule has 0 saturated heterocycles. The van der Waals surface area contributed by atoms with Gasteiger partial charge >= 0.3 is 0 Å². The fourth-order valence-electron chi connectivity index (χ4n) is 1.75. The molecule has 0 amide bonds. The van der Waals surface area contributed by atoms with Crippen molar-refractivity contribution < 1.29 is 28.0 Å². The summed E-state index contributed by atoms with van der Waals surface area (Å²) in [6.45, 7) is 0. The molecule has 1 unspecified atom stereocenters. The first-order valence-corrected chi connectivity index (χ1v) is 8.23. The van der Waals surface area contributed by atoms with Gasteiger partial charge in [-0.25, -0.2) is 0 Å². The third-order valence-corrected chi connectivity index (χ3v) is 5.76. The van der Waals surface area contributed by atoms with Gasteiger partial charge in [0.2, 0.25) is 0 Å². The average molecular weight is 303 g/mol. The van der Waals surface area contributed by atoms with E-state index in [0.717, 1.165) is 20.5 Å². The molecule has 94 valence electrons. The molecule has 0 aliphatic carbocycles. The largest absolute Gasteiger partial charge is 0.182 e. The van der Waals surface area contributed by atoms with Gasteiger partial charge in [-0.05, 0) is 12.1 Å². The molecular formula is C11H7ClO4S2. The van der Waals surface area contributed by atoms with Crippen LogP contribution in [0.4, 0.5) is 0 Å². The van der Waals surface area contributed by atoms with Gasteiger partial charge in [-0.1, -0.05) is 18.2 Å². The van der Waals surface area contributed by atoms with Crippen molar-refractivity contribution >= 4 is 43.6 Å². The number of rotatable bonds is 2. The standard InChI is InChI=1S/C11H7ClO4S2/c13-12(14,15)16-18-6-5-9-8-3-1-2-4-10(8)17-11(9)7-18/h1-7H. The summed E-state index contributed by atoms with van der Waals surface area (Å²) < 4.78 is 37.1. The summed E-state index contributed by atoms with van der Waals surface area (Å²) >= 11 is 1.55. The Hall–Kier alpha value is -0.730. The number of hydrogen-bond donors (Lipinski definition) is 0. The highest BCUT2D eigenvalue weighted by molar-refractivity contribution is 8.13. The summed E-state index contributed by atoms with van der Waals surface area (Å²) in [6, 6.07) is 7.91. The lowest BCUT2D eigenvalue weighted by atomic mass is 10.1. The quantitative estimate of drug-likeness (QED) is 0.739. The molecule has 0 radical (unpaired) electrons. The Kier molecular flexibility index (Phi) is 3.03. The molecular weight excluding hydrogens is 296 g/mol. The Morgan fingerprint density at radius 3 is 2.72 bits per heavy atom. The third kappa shape index (κ3) is 2.36. The van der Waals surface area contributed by atoms with Crippen LogP contribution in [0.3, 0.4) is 0 Å². The van der Waals surface area contributed by atoms with Crippen molar-refractivity contribution in [1.82, 2.24) is 0 Å². The molecule has 0 saturated carbocycles. The van der Waals surface area contributed by atoms with Crippen molar-refractivity contribution in [3.8, 4) is 0 Å². The zero-order valence-electron chi connectivity index (χ0n) is 8.87. The minimum absolute atomic E-state index is 0.931. The van der Waals surface area contributed by atoms with Gasteiger partial charge in [-0.3, -0.25) is 0 Å². The second-order valence-electron chi connectivity index (χ2n) is 3.57. The molecule has 1 aromatic carbocycles. The van der Waals surface area contributed by atoms with Gasteiger partial charge in [-0.15, -0.1) is 11.3 Å². The van der Waals surface area contributed by atoms with Gasteiger partial charge < -0.3 is 0 Å². The fourth-order valence-corrected chi connectivity index (χ4v) is 4.90. The van der Waals surface area contributed by atoms with E-state index in [4.69, 9.17) is 0 Å². The van der Waals surface area contributed by atoms with E-state index in [0.29, 0.717) is 0 Å². The molecule has 1 aliphatic rings. The Balaban J connectivity index is 2.06. The molecule has 0 fully saturated rings. The first-order chi connectivity index (χ1) is 8.53. The highest BCUT2D eigenvalue weighted by Crippen LogP contribution is 2.37. The minimum Gasteiger partial charge on any atom is -0.182 e. The van der Waals surface area contributed by atoms with Gasteiger partial charge in [0.1, 0.15) is 14.5 Å². The Bertz CT molecular complexity index is 669. The van der Waals surface area contributed by atoms with Crippen LogP contribution >= 0.6 is 22.1 Å². The number of hydrogen-bond acceptors (Lipinski definition) is 5. The summed E-state index contributed by atoms with van der Waals surface area (Å²) in [5.74, 6) is 0. The molecule has 0 N–H and O–H groups in total. The molecule has 2 heterocycles. The molecule has 1 aromatic heterocycles. The van der Waals surface area contributed by atoms with Gasteiger partial charge in [0.25, 0.3) is 0 Å². The average Bonchev–Trinajstić information content (AvgIpc) is 2.64. The molecule has 1 atom stereocenters. The summed E-state index contributed by atoms with van der Waals surface area (Å²) in [7, 11) is -5.51. The van der Waals surface area contributed by atoms with E-state index >= 15 is 0 Å². The maximum absolute atomic E-state index is 10.5. The zero-order valence-corrected chi connectivity index (χ0v) is 11.3. The van der Waals surface area contributed by atoms with Crippen LogP contribution in [-0.2, 0) is 3.74 Å². The van der Waals surface area contributed by atoms with Crippen LogP contribution < -0.4 is 14.0 Å². The van der Waals surface area contributed by atoms with Crippen LogP contribution in [0.25, 0.3) is 16.2 Å². The topological polar surface area (TPSA) is 78.4 Å². The van der Waals surface area contributed by atoms with Crippen molar-refractivity contribution in [2.45, 2.75) is 0 Å². The first kappa shape index (κ1) is 12.3. The monoisotopic (exact) mass is 302 g/mol. The van der Waals surface area contributed by atoms with Crippen LogP contribution in [0.15, 0.2) is 29.7 Å². The SMILES string of the molecule is [O-][Cl+3]([O-])([O-])OS1=Cc2sc3ccccc3c2C=C1. The van der Waals surface area contributed by atoms with Gasteiger partial charge in [0, 0.05) is 31.3 Å². The molecule has 3 rings (SSSR count). The molecule has 18 heavy (non-hydrogen) atoms. The fraction of sp³-hybridized carbons (Fsp3) is 0. The number of thiophene rings is 1. The Morgan fingerprint density at radius 2 is 1.94 bits per heavy atom. The lowest BCUT2D eigenvalue weighted by molar-refractivity contribution is -1.91. The molecule has 0 bridgehead atoms. The summed E-state index contributed by atoms with van der Waals surface area (Å²) in [5.41, 5.74) is 1.04. The number of fused-ring (bicyclic) bond motifs is 3. The van der Waals surface area contributed by atoms with Crippen molar-refractivity contribution in [3.63, 3.8) is 0 Å². The van der Waals surface area contributed by atoms with Crippen LogP contribution in [0.5, 0.6) is 0 Å². The van der Waals surface area contributed by atoms with Crippen molar-refractivity contribution in [1.29, 1.82) is 0 Å². The lowest BCUT2D eigenvalue weighted by Crippen LogP contribution is -2.60. The Morgan fingerprint density at radius 1 is 1.17 bits per heavy atom. The highest BCUT2D eigenvalue weighted by atomic mass is 35.7. The van der Waals surface area contributed by atoms with E-state index in [9.17, 15) is 14.0 Å². The van der Waals surface area contributed by atoms with Crippen molar-refractivity contribution in [3.05, 3.63) is 40.1 Å². The van der Waals surface area contributed by atoms with Crippen LogP contribution in [-0.4, -0.2) is 5.37 Å². The predicted octanol–water partition coefficient (Wildman–Crippen LogP) is 0.134. The van der Waals surface area contributed by atoms with E-state index < -0.39 is 21.0 Å². The summed E-state index contributed by atoms with van der Waals surface area (Å²) in [6.07, 6.45) is 1.80. The second kappa shape index (κ2) is 4.43. The molecule has 4 nitrogen and oxygen atoms in total. The van der Waals surface area contributed by atoms with Crippen LogP contribution in [0.2, 0.25) is 0 Å². The van der Waals surface area contributed by atoms with E-state index in [-0.39, 0.29) is 0 Å². The normalized spacial score (nSPS) is 18.7. The molecule has 0 spiro atoms. The van der Waals surface area contributed by atoms with E-state index in [1.807, 2.05) is 24.3 Å². The van der Waals surface area contributed by atoms with E-state index in [1.54, 1.807) is 28.2 Å². The lowest BCUT2D eigenvalue weighted by Gasteiger charge is -2.13. The second-order valence-corrected chi connectivity index (χ2v) is 7.07. The maximum atomic E-state index is 10.5. The van der Waals surface area contributed by atoms with E-state index in [2.05, 4.69) is 3.74 Å². The molecule has 7 heteroatoms. The minimum atomic E-state index is -4.40. The van der Waals surface area contributed by atoms with Crippen LogP contribution in [0, 0.1) is 10.2 Å². The predicted molar refractivity (Wildman–Crippen MR) is 64.7 cm³/mol. The van der Waals surface area contributed by atoms with Crippen molar-refractivity contribution in [2.75, 3.05) is 0 Å². The highest BCUT2D eigenvalue weighted by Gasteiger charge is 2.23. The Labute approximate surface area is 112 Å². The van der Waals surface area contributed by atoms with Gasteiger partial charge in [0.15, 0.2) is 0 Å². The molecule has 2 aromatic rings. The smallest absolute Gasteiger partial charge is 0.140 e. The molecule has 1 aliphatic heterocycles. The van der Waals surface area contributed by atoms with Crippen LogP contribution in [0.1, 0.15) is 10.4 Å². The van der Waals surface area contributed by atoms with Gasteiger partial charge in [-0.2, -0.15) is 14.0 Å². The number of halogens is 1. The summed E-state index contributed by atoms with van der Waals surface area (Å²) in [4.78, 5) is 0.931. The maximum Gasteiger partial charge on any atom is 0.140 e. The van der Waals surface area contributed by atoms with Crippen molar-refractivity contribution in [2.24, 2.45) is 0 Å². The number of benzene rings is 1. The zero-order chi connectivity index (χ0) is 12.8.